The molecule has 0 fully saturated rings. The quantitative estimate of drug-likeness (QED) is 0.0318. The van der Waals surface area contributed by atoms with E-state index in [0.717, 1.165) is 64.2 Å². The Labute approximate surface area is 289 Å². The number of carbonyl (C=O) groups is 1. The third-order valence-electron chi connectivity index (χ3n) is 7.74. The van der Waals surface area contributed by atoms with Crippen LogP contribution in [-0.2, 0) is 18.4 Å². The van der Waals surface area contributed by atoms with E-state index in [-0.39, 0.29) is 12.5 Å². The summed E-state index contributed by atoms with van der Waals surface area (Å²) < 4.78 is 23.0. The summed E-state index contributed by atoms with van der Waals surface area (Å²) in [5.41, 5.74) is 0. The fourth-order valence-electron chi connectivity index (χ4n) is 4.69. The normalized spacial score (nSPS) is 15.3. The highest BCUT2D eigenvalue weighted by Crippen LogP contribution is 2.38. The predicted octanol–water partition coefficient (Wildman–Crippen LogP) is 8.72. The fourth-order valence-corrected chi connectivity index (χ4v) is 5.41. The number of phosphoric acid groups is 1. The summed E-state index contributed by atoms with van der Waals surface area (Å²) in [5.74, 6) is -0.231. The largest absolute Gasteiger partial charge is 0.756 e. The first-order valence-corrected chi connectivity index (χ1v) is 20.0. The van der Waals surface area contributed by atoms with Gasteiger partial charge in [0.25, 0.3) is 7.82 Å². The molecule has 1 amide bonds. The lowest BCUT2D eigenvalue weighted by atomic mass is 10.1. The Morgan fingerprint density at radius 1 is 0.723 bits per heavy atom. The molecule has 0 bridgehead atoms. The van der Waals surface area contributed by atoms with Gasteiger partial charge in [-0.2, -0.15) is 0 Å². The number of allylic oxidation sites excluding steroid dienone is 7. The Morgan fingerprint density at radius 2 is 1.21 bits per heavy atom. The summed E-state index contributed by atoms with van der Waals surface area (Å²) in [6.45, 7) is 4.50. The number of aliphatic hydroxyl groups excluding tert-OH is 1. The Morgan fingerprint density at radius 3 is 1.77 bits per heavy atom. The number of quaternary nitrogens is 1. The number of rotatable bonds is 32. The number of aliphatic hydroxyl groups is 1. The topological polar surface area (TPSA) is 108 Å². The monoisotopic (exact) mass is 683 g/mol. The van der Waals surface area contributed by atoms with E-state index in [1.54, 1.807) is 6.08 Å². The van der Waals surface area contributed by atoms with Crippen molar-refractivity contribution in [3.63, 3.8) is 0 Å². The van der Waals surface area contributed by atoms with Crippen molar-refractivity contribution in [3.05, 3.63) is 48.6 Å². The van der Waals surface area contributed by atoms with E-state index >= 15 is 0 Å². The molecule has 0 rings (SSSR count). The van der Waals surface area contributed by atoms with Crippen molar-refractivity contribution in [2.45, 2.75) is 148 Å². The zero-order valence-corrected chi connectivity index (χ0v) is 31.6. The predicted molar refractivity (Wildman–Crippen MR) is 196 cm³/mol. The number of nitrogens with one attached hydrogen (secondary N) is 1. The maximum absolute atomic E-state index is 12.7. The molecule has 0 aromatic rings. The summed E-state index contributed by atoms with van der Waals surface area (Å²) in [5, 5.41) is 13.6. The fraction of sp³-hybridized carbons (Fsp3) is 0.763. The second-order valence-electron chi connectivity index (χ2n) is 13.5. The van der Waals surface area contributed by atoms with Crippen LogP contribution in [0, 0.1) is 0 Å². The van der Waals surface area contributed by atoms with E-state index in [1.807, 2.05) is 27.2 Å². The van der Waals surface area contributed by atoms with Crippen LogP contribution in [0.1, 0.15) is 136 Å². The molecule has 3 atom stereocenters. The van der Waals surface area contributed by atoms with Crippen LogP contribution in [0.25, 0.3) is 0 Å². The molecule has 0 aliphatic rings. The van der Waals surface area contributed by atoms with Gasteiger partial charge in [0.2, 0.25) is 5.91 Å². The van der Waals surface area contributed by atoms with Gasteiger partial charge in [-0.1, -0.05) is 114 Å². The van der Waals surface area contributed by atoms with Crippen LogP contribution < -0.4 is 10.2 Å². The SMILES string of the molecule is CCCC/C=C\CCCCCCC(=O)NC(COP(=O)([O-])OCC[N+](C)(C)C)C(O)/C=C/CC/C=C/CC/C=C/CCCCCCC. The first-order valence-electron chi connectivity index (χ1n) is 18.5. The molecule has 0 heterocycles. The number of carbonyl (C=O) groups excluding carboxylic acids is 1. The Hall–Kier alpha value is -1.54. The number of nitrogens with zero attached hydrogens (tertiary/aromatic N) is 1. The van der Waals surface area contributed by atoms with E-state index in [2.05, 4.69) is 55.6 Å². The Bertz CT molecular complexity index is 912. The molecule has 0 aliphatic carbocycles. The van der Waals surface area contributed by atoms with Crippen LogP contribution >= 0.6 is 7.82 Å². The third-order valence-corrected chi connectivity index (χ3v) is 8.70. The number of amides is 1. The second kappa shape index (κ2) is 30.5. The molecular weight excluding hydrogens is 611 g/mol. The minimum absolute atomic E-state index is 0.0127. The highest BCUT2D eigenvalue weighted by Gasteiger charge is 2.23. The number of unbranched alkanes of at least 4 members (excludes halogenated alkanes) is 13. The summed E-state index contributed by atoms with van der Waals surface area (Å²) in [7, 11) is 1.22. The van der Waals surface area contributed by atoms with E-state index < -0.39 is 26.6 Å². The van der Waals surface area contributed by atoms with Gasteiger partial charge >= 0.3 is 0 Å². The van der Waals surface area contributed by atoms with Crippen LogP contribution in [-0.4, -0.2) is 68.5 Å². The maximum atomic E-state index is 12.7. The van der Waals surface area contributed by atoms with E-state index in [1.165, 1.54) is 51.4 Å². The molecule has 0 aliphatic heterocycles. The lowest BCUT2D eigenvalue weighted by Gasteiger charge is -2.29. The van der Waals surface area contributed by atoms with E-state index in [4.69, 9.17) is 9.05 Å². The highest BCUT2D eigenvalue weighted by atomic mass is 31.2. The molecule has 0 aromatic carbocycles. The molecule has 0 saturated carbocycles. The van der Waals surface area contributed by atoms with Crippen molar-refractivity contribution < 1.29 is 32.9 Å². The van der Waals surface area contributed by atoms with Gasteiger partial charge in [0, 0.05) is 6.42 Å². The Balaban J connectivity index is 4.68. The standard InChI is InChI=1S/C38H71N2O6P/c1-6-8-10-12-14-16-18-19-20-21-22-23-25-27-29-31-37(41)36(35-46-47(43,44)45-34-33-40(3,4)5)39-38(42)32-30-28-26-24-17-15-13-11-9-7-2/h13,15,18-19,22-23,29,31,36-37,41H,6-12,14,16-17,20-21,24-28,30,32-35H2,1-5H3,(H-,39,42,43,44)/b15-13-,19-18+,23-22+,31-29+. The average Bonchev–Trinajstić information content (AvgIpc) is 3.01. The van der Waals surface area contributed by atoms with Gasteiger partial charge in [0.1, 0.15) is 13.2 Å². The van der Waals surface area contributed by atoms with Gasteiger partial charge < -0.3 is 28.8 Å². The molecule has 0 aromatic heterocycles. The average molecular weight is 683 g/mol. The number of hydrogen-bond acceptors (Lipinski definition) is 6. The van der Waals surface area contributed by atoms with Crippen molar-refractivity contribution in [2.75, 3.05) is 40.9 Å². The van der Waals surface area contributed by atoms with E-state index in [9.17, 15) is 19.4 Å². The van der Waals surface area contributed by atoms with Crippen molar-refractivity contribution in [1.82, 2.24) is 5.32 Å². The van der Waals surface area contributed by atoms with Gasteiger partial charge in [-0.15, -0.1) is 0 Å². The summed E-state index contributed by atoms with van der Waals surface area (Å²) in [6.07, 6.45) is 35.9. The first kappa shape index (κ1) is 45.5. The summed E-state index contributed by atoms with van der Waals surface area (Å²) in [4.78, 5) is 25.1. The van der Waals surface area contributed by atoms with Gasteiger partial charge in [-0.3, -0.25) is 9.36 Å². The van der Waals surface area contributed by atoms with Crippen LogP contribution in [0.2, 0.25) is 0 Å². The van der Waals surface area contributed by atoms with Gasteiger partial charge in [-0.25, -0.2) is 0 Å². The van der Waals surface area contributed by atoms with Crippen molar-refractivity contribution >= 4 is 13.7 Å². The summed E-state index contributed by atoms with van der Waals surface area (Å²) in [6, 6.07) is -0.912. The number of phosphoric ester groups is 1. The second-order valence-corrected chi connectivity index (χ2v) is 15.0. The van der Waals surface area contributed by atoms with Gasteiger partial charge in [0.05, 0.1) is 39.9 Å². The molecule has 0 spiro atoms. The highest BCUT2D eigenvalue weighted by molar-refractivity contribution is 7.45. The third kappa shape index (κ3) is 32.8. The van der Waals surface area contributed by atoms with Crippen LogP contribution in [0.5, 0.6) is 0 Å². The Kier molecular flexibility index (Phi) is 29.5. The summed E-state index contributed by atoms with van der Waals surface area (Å²) >= 11 is 0. The minimum atomic E-state index is -4.59. The molecule has 2 N–H and O–H groups in total. The van der Waals surface area contributed by atoms with Gasteiger partial charge in [0.15, 0.2) is 0 Å². The number of hydrogen-bond donors (Lipinski definition) is 2. The van der Waals surface area contributed by atoms with E-state index in [0.29, 0.717) is 17.4 Å². The minimum Gasteiger partial charge on any atom is -0.756 e. The molecule has 0 radical (unpaired) electrons. The molecule has 274 valence electrons. The van der Waals surface area contributed by atoms with Crippen molar-refractivity contribution in [3.8, 4) is 0 Å². The van der Waals surface area contributed by atoms with Crippen LogP contribution in [0.15, 0.2) is 48.6 Å². The molecule has 3 unspecified atom stereocenters. The maximum Gasteiger partial charge on any atom is 0.268 e. The number of likely N-dealkylation sites (N-methyl/N-ethyl adjacent to an activating group) is 1. The molecule has 47 heavy (non-hydrogen) atoms. The van der Waals surface area contributed by atoms with Crippen LogP contribution in [0.4, 0.5) is 0 Å². The lowest BCUT2D eigenvalue weighted by molar-refractivity contribution is -0.870. The van der Waals surface area contributed by atoms with Crippen molar-refractivity contribution in [2.24, 2.45) is 0 Å². The molecule has 0 saturated heterocycles. The molecular formula is C38H71N2O6P. The zero-order valence-electron chi connectivity index (χ0n) is 30.7. The van der Waals surface area contributed by atoms with Crippen molar-refractivity contribution in [1.29, 1.82) is 0 Å². The first-order chi connectivity index (χ1) is 22.5. The zero-order chi connectivity index (χ0) is 35.1. The molecule has 8 nitrogen and oxygen atoms in total. The van der Waals surface area contributed by atoms with Gasteiger partial charge in [-0.05, 0) is 64.2 Å². The lowest BCUT2D eigenvalue weighted by Crippen LogP contribution is -2.45. The molecule has 9 heteroatoms. The van der Waals surface area contributed by atoms with Crippen LogP contribution in [0.3, 0.4) is 0 Å². The smallest absolute Gasteiger partial charge is 0.268 e.